The summed E-state index contributed by atoms with van der Waals surface area (Å²) < 4.78 is 12.8. The Kier molecular flexibility index (Phi) is 10.1. The van der Waals surface area contributed by atoms with E-state index in [1.807, 2.05) is 49.4 Å². The van der Waals surface area contributed by atoms with E-state index in [-0.39, 0.29) is 11.7 Å². The Hall–Kier alpha value is -2.95. The van der Waals surface area contributed by atoms with Gasteiger partial charge in [-0.1, -0.05) is 52.3 Å². The molecule has 7 nitrogen and oxygen atoms in total. The van der Waals surface area contributed by atoms with Crippen LogP contribution in [0, 0.1) is 6.92 Å². The highest BCUT2D eigenvalue weighted by Gasteiger charge is 2.15. The van der Waals surface area contributed by atoms with Crippen LogP contribution in [0.15, 0.2) is 75.7 Å². The number of hydrazine groups is 1. The molecule has 3 aromatic carbocycles. The predicted molar refractivity (Wildman–Crippen MR) is 145 cm³/mol. The summed E-state index contributed by atoms with van der Waals surface area (Å²) in [7, 11) is 0. The number of amides is 2. The molecule has 0 spiro atoms. The van der Waals surface area contributed by atoms with E-state index >= 15 is 0 Å². The minimum absolute atomic E-state index is 0.0740. The highest BCUT2D eigenvalue weighted by atomic mass is 79.9. The van der Waals surface area contributed by atoms with E-state index < -0.39 is 11.8 Å². The van der Waals surface area contributed by atoms with Crippen molar-refractivity contribution in [1.82, 2.24) is 16.2 Å². The Morgan fingerprint density at radius 2 is 1.66 bits per heavy atom. The second-order valence-corrected chi connectivity index (χ2v) is 9.58. The average molecular weight is 621 g/mol. The van der Waals surface area contributed by atoms with Gasteiger partial charge in [0.05, 0.1) is 16.6 Å². The van der Waals surface area contributed by atoms with Gasteiger partial charge >= 0.3 is 0 Å². The smallest absolute Gasteiger partial charge is 0.276 e. The van der Waals surface area contributed by atoms with E-state index in [0.29, 0.717) is 34.6 Å². The van der Waals surface area contributed by atoms with Gasteiger partial charge in [0.2, 0.25) is 0 Å². The van der Waals surface area contributed by atoms with Crippen LogP contribution < -0.4 is 25.6 Å². The first-order chi connectivity index (χ1) is 16.8. The lowest BCUT2D eigenvalue weighted by Gasteiger charge is -2.14. The van der Waals surface area contributed by atoms with Gasteiger partial charge in [0.15, 0.2) is 11.7 Å². The lowest BCUT2D eigenvalue weighted by molar-refractivity contribution is -0.123. The van der Waals surface area contributed by atoms with Gasteiger partial charge in [0.25, 0.3) is 11.8 Å². The summed E-state index contributed by atoms with van der Waals surface area (Å²) in [6.45, 7) is 2.12. The maximum Gasteiger partial charge on any atom is 0.276 e. The quantitative estimate of drug-likeness (QED) is 0.246. The van der Waals surface area contributed by atoms with Crippen molar-refractivity contribution in [2.24, 2.45) is 0 Å². The molecule has 10 heteroatoms. The van der Waals surface area contributed by atoms with Crippen molar-refractivity contribution in [2.75, 3.05) is 13.2 Å². The number of carbonyl (C=O) groups is 2. The first kappa shape index (κ1) is 26.7. The highest BCUT2D eigenvalue weighted by Crippen LogP contribution is 2.25. The number of hydrogen-bond donors (Lipinski definition) is 3. The van der Waals surface area contributed by atoms with Crippen LogP contribution in [-0.4, -0.2) is 30.1 Å². The molecule has 3 aromatic rings. The second-order valence-electron chi connectivity index (χ2n) is 7.40. The van der Waals surface area contributed by atoms with Crippen LogP contribution in [0.5, 0.6) is 11.5 Å². The van der Waals surface area contributed by atoms with Gasteiger partial charge in [-0.05, 0) is 76.5 Å². The predicted octanol–water partition coefficient (Wildman–Crippen LogP) is 4.86. The molecule has 0 aliphatic heterocycles. The molecule has 3 rings (SSSR count). The summed E-state index contributed by atoms with van der Waals surface area (Å²) in [4.78, 5) is 24.9. The zero-order valence-electron chi connectivity index (χ0n) is 18.8. The minimum atomic E-state index is -0.479. The number of aryl methyl sites for hydroxylation is 1. The number of hydrogen-bond acceptors (Lipinski definition) is 5. The molecule has 0 heterocycles. The standard InChI is InChI=1S/C25H23Br2N3O4S/c1-16-7-9-22(20(27)13-16)34-15-23(31)29-30-25(35)28-24(32)19-14-18(26)8-10-21(19)33-12-11-17-5-3-2-4-6-17/h2-10,13-14H,11-12,15H2,1H3,(H,29,31)(H2,28,30,32,35). The highest BCUT2D eigenvalue weighted by molar-refractivity contribution is 9.10. The normalized spacial score (nSPS) is 10.3. The number of halogens is 2. The van der Waals surface area contributed by atoms with E-state index in [1.165, 1.54) is 0 Å². The molecule has 0 fully saturated rings. The number of nitrogens with one attached hydrogen (secondary N) is 3. The summed E-state index contributed by atoms with van der Waals surface area (Å²) in [6, 6.07) is 20.6. The first-order valence-electron chi connectivity index (χ1n) is 10.6. The second kappa shape index (κ2) is 13.2. The van der Waals surface area contributed by atoms with Crippen LogP contribution in [-0.2, 0) is 11.2 Å². The van der Waals surface area contributed by atoms with Crippen LogP contribution in [0.1, 0.15) is 21.5 Å². The minimum Gasteiger partial charge on any atom is -0.492 e. The van der Waals surface area contributed by atoms with Crippen LogP contribution in [0.25, 0.3) is 0 Å². The van der Waals surface area contributed by atoms with Crippen molar-refractivity contribution in [3.63, 3.8) is 0 Å². The summed E-state index contributed by atoms with van der Waals surface area (Å²) in [5.41, 5.74) is 7.39. The number of rotatable bonds is 8. The summed E-state index contributed by atoms with van der Waals surface area (Å²) in [5.74, 6) is 0.00989. The van der Waals surface area contributed by atoms with Crippen molar-refractivity contribution in [3.8, 4) is 11.5 Å². The van der Waals surface area contributed by atoms with Crippen LogP contribution in [0.3, 0.4) is 0 Å². The molecular weight excluding hydrogens is 598 g/mol. The lowest BCUT2D eigenvalue weighted by Crippen LogP contribution is -2.49. The fourth-order valence-electron chi connectivity index (χ4n) is 2.96. The van der Waals surface area contributed by atoms with Gasteiger partial charge in [0, 0.05) is 10.9 Å². The fraction of sp³-hybridized carbons (Fsp3) is 0.160. The molecule has 0 aliphatic rings. The lowest BCUT2D eigenvalue weighted by atomic mass is 10.1. The first-order valence-corrected chi connectivity index (χ1v) is 12.6. The van der Waals surface area contributed by atoms with Crippen LogP contribution >= 0.6 is 44.1 Å². The SMILES string of the molecule is Cc1ccc(OCC(=O)NNC(=S)NC(=O)c2cc(Br)ccc2OCCc2ccccc2)c(Br)c1. The molecule has 0 aromatic heterocycles. The molecule has 182 valence electrons. The van der Waals surface area contributed by atoms with Gasteiger partial charge in [-0.3, -0.25) is 25.8 Å². The molecule has 0 unspecified atom stereocenters. The zero-order chi connectivity index (χ0) is 25.2. The Labute approximate surface area is 225 Å². The molecule has 0 radical (unpaired) electrons. The molecule has 3 N–H and O–H groups in total. The molecular formula is C25H23Br2N3O4S. The van der Waals surface area contributed by atoms with E-state index in [1.54, 1.807) is 24.3 Å². The Morgan fingerprint density at radius 3 is 2.40 bits per heavy atom. The van der Waals surface area contributed by atoms with Crippen LogP contribution in [0.2, 0.25) is 0 Å². The van der Waals surface area contributed by atoms with E-state index in [9.17, 15) is 9.59 Å². The Bertz CT molecular complexity index is 1210. The third kappa shape index (κ3) is 8.65. The van der Waals surface area contributed by atoms with Gasteiger partial charge in [-0.15, -0.1) is 0 Å². The Balaban J connectivity index is 1.48. The number of thiocarbonyl (C=S) groups is 1. The van der Waals surface area contributed by atoms with Gasteiger partial charge in [0.1, 0.15) is 11.5 Å². The summed E-state index contributed by atoms with van der Waals surface area (Å²) in [6.07, 6.45) is 0.700. The molecule has 2 amide bonds. The third-order valence-corrected chi connectivity index (χ3v) is 5.98. The molecule has 0 aliphatic carbocycles. The van der Waals surface area contributed by atoms with E-state index in [0.717, 1.165) is 15.6 Å². The van der Waals surface area contributed by atoms with Crippen molar-refractivity contribution in [1.29, 1.82) is 0 Å². The largest absolute Gasteiger partial charge is 0.492 e. The van der Waals surface area contributed by atoms with Crippen molar-refractivity contribution in [3.05, 3.63) is 92.4 Å². The summed E-state index contributed by atoms with van der Waals surface area (Å²) >= 11 is 11.9. The van der Waals surface area contributed by atoms with Gasteiger partial charge < -0.3 is 9.47 Å². The maximum absolute atomic E-state index is 12.8. The average Bonchev–Trinajstić information content (AvgIpc) is 2.83. The number of ether oxygens (including phenoxy) is 2. The zero-order valence-corrected chi connectivity index (χ0v) is 22.8. The van der Waals surface area contributed by atoms with Crippen LogP contribution in [0.4, 0.5) is 0 Å². The monoisotopic (exact) mass is 619 g/mol. The third-order valence-electron chi connectivity index (χ3n) is 4.67. The van der Waals surface area contributed by atoms with E-state index in [4.69, 9.17) is 21.7 Å². The molecule has 0 bridgehead atoms. The molecule has 35 heavy (non-hydrogen) atoms. The van der Waals surface area contributed by atoms with Gasteiger partial charge in [-0.2, -0.15) is 0 Å². The van der Waals surface area contributed by atoms with Crippen molar-refractivity contribution in [2.45, 2.75) is 13.3 Å². The molecule has 0 saturated heterocycles. The fourth-order valence-corrected chi connectivity index (χ4v) is 4.07. The Morgan fingerprint density at radius 1 is 0.914 bits per heavy atom. The number of benzene rings is 3. The van der Waals surface area contributed by atoms with Crippen molar-refractivity contribution >= 4 is 61.0 Å². The van der Waals surface area contributed by atoms with Crippen molar-refractivity contribution < 1.29 is 19.1 Å². The molecule has 0 saturated carbocycles. The number of carbonyl (C=O) groups excluding carboxylic acids is 2. The van der Waals surface area contributed by atoms with E-state index in [2.05, 4.69) is 48.0 Å². The van der Waals surface area contributed by atoms with Gasteiger partial charge in [-0.25, -0.2) is 0 Å². The molecule has 0 atom stereocenters. The maximum atomic E-state index is 12.8. The topological polar surface area (TPSA) is 88.7 Å². The summed E-state index contributed by atoms with van der Waals surface area (Å²) in [5, 5.41) is 2.46.